The van der Waals surface area contributed by atoms with Crippen molar-refractivity contribution in [2.45, 2.75) is 6.61 Å². The Morgan fingerprint density at radius 2 is 1.84 bits per heavy atom. The Labute approximate surface area is 146 Å². The standard InChI is InChI=1S/C20H17N3O2/c24-20(18-7-4-12-21-14-18)23-22-13-16-8-10-19(11-9-16)25-15-17-5-2-1-3-6-17/h1-14H,15H2,(H,23,24)/b22-13-. The van der Waals surface area contributed by atoms with Crippen LogP contribution >= 0.6 is 0 Å². The molecule has 0 saturated carbocycles. The molecule has 0 radical (unpaired) electrons. The molecule has 1 amide bonds. The summed E-state index contributed by atoms with van der Waals surface area (Å²) in [5.74, 6) is 0.479. The van der Waals surface area contributed by atoms with Gasteiger partial charge in [0.25, 0.3) is 5.91 Å². The van der Waals surface area contributed by atoms with E-state index in [1.807, 2.05) is 54.6 Å². The number of rotatable bonds is 6. The largest absolute Gasteiger partial charge is 0.489 e. The van der Waals surface area contributed by atoms with Crippen LogP contribution in [0, 0.1) is 0 Å². The molecule has 5 heteroatoms. The lowest BCUT2D eigenvalue weighted by molar-refractivity contribution is 0.0955. The summed E-state index contributed by atoms with van der Waals surface area (Å²) in [6, 6.07) is 20.9. The van der Waals surface area contributed by atoms with Gasteiger partial charge in [-0.3, -0.25) is 9.78 Å². The molecule has 3 rings (SSSR count). The topological polar surface area (TPSA) is 63.6 Å². The van der Waals surface area contributed by atoms with Crippen LogP contribution in [-0.4, -0.2) is 17.1 Å². The number of nitrogens with zero attached hydrogens (tertiary/aromatic N) is 2. The lowest BCUT2D eigenvalue weighted by Gasteiger charge is -2.06. The number of hydrazone groups is 1. The fraction of sp³-hybridized carbons (Fsp3) is 0.0500. The highest BCUT2D eigenvalue weighted by Gasteiger charge is 2.02. The van der Waals surface area contributed by atoms with Crippen LogP contribution in [0.2, 0.25) is 0 Å². The van der Waals surface area contributed by atoms with Gasteiger partial charge in [0.2, 0.25) is 0 Å². The fourth-order valence-electron chi connectivity index (χ4n) is 2.12. The molecule has 25 heavy (non-hydrogen) atoms. The first-order chi connectivity index (χ1) is 12.3. The van der Waals surface area contributed by atoms with Gasteiger partial charge >= 0.3 is 0 Å². The Bertz CT molecular complexity index is 832. The minimum Gasteiger partial charge on any atom is -0.489 e. The van der Waals surface area contributed by atoms with Crippen molar-refractivity contribution >= 4 is 12.1 Å². The van der Waals surface area contributed by atoms with Gasteiger partial charge in [-0.1, -0.05) is 30.3 Å². The average molecular weight is 331 g/mol. The summed E-state index contributed by atoms with van der Waals surface area (Å²) in [6.07, 6.45) is 4.68. The van der Waals surface area contributed by atoms with Gasteiger partial charge in [0.1, 0.15) is 12.4 Å². The van der Waals surface area contributed by atoms with Gasteiger partial charge in [-0.05, 0) is 47.5 Å². The second-order valence-electron chi connectivity index (χ2n) is 5.28. The van der Waals surface area contributed by atoms with Crippen molar-refractivity contribution in [3.8, 4) is 5.75 Å². The Morgan fingerprint density at radius 3 is 2.56 bits per heavy atom. The molecule has 0 atom stereocenters. The molecule has 0 aliphatic heterocycles. The molecule has 5 nitrogen and oxygen atoms in total. The first-order valence-corrected chi connectivity index (χ1v) is 7.81. The van der Waals surface area contributed by atoms with Crippen molar-refractivity contribution in [1.29, 1.82) is 0 Å². The smallest absolute Gasteiger partial charge is 0.272 e. The van der Waals surface area contributed by atoms with Crippen molar-refractivity contribution in [1.82, 2.24) is 10.4 Å². The van der Waals surface area contributed by atoms with Crippen molar-refractivity contribution in [3.63, 3.8) is 0 Å². The molecule has 0 aliphatic rings. The first-order valence-electron chi connectivity index (χ1n) is 7.81. The van der Waals surface area contributed by atoms with E-state index in [9.17, 15) is 4.79 Å². The average Bonchev–Trinajstić information content (AvgIpc) is 2.69. The van der Waals surface area contributed by atoms with E-state index in [0.29, 0.717) is 12.2 Å². The molecule has 0 bridgehead atoms. The lowest BCUT2D eigenvalue weighted by atomic mass is 10.2. The Balaban J connectivity index is 1.51. The van der Waals surface area contributed by atoms with Gasteiger partial charge in [-0.2, -0.15) is 5.10 Å². The molecule has 0 saturated heterocycles. The second-order valence-corrected chi connectivity index (χ2v) is 5.28. The Morgan fingerprint density at radius 1 is 1.04 bits per heavy atom. The quantitative estimate of drug-likeness (QED) is 0.556. The highest BCUT2D eigenvalue weighted by molar-refractivity contribution is 5.94. The second kappa shape index (κ2) is 8.40. The minimum absolute atomic E-state index is 0.299. The van der Waals surface area contributed by atoms with E-state index < -0.39 is 0 Å². The van der Waals surface area contributed by atoms with Gasteiger partial charge < -0.3 is 4.74 Å². The number of hydrogen-bond acceptors (Lipinski definition) is 4. The van der Waals surface area contributed by atoms with Crippen LogP contribution in [0.5, 0.6) is 5.75 Å². The Kier molecular flexibility index (Phi) is 5.51. The molecule has 0 spiro atoms. The SMILES string of the molecule is O=C(N/N=C\c1ccc(OCc2ccccc2)cc1)c1cccnc1. The normalized spacial score (nSPS) is 10.6. The third kappa shape index (κ3) is 5.00. The van der Waals surface area contributed by atoms with Crippen LogP contribution in [0.25, 0.3) is 0 Å². The van der Waals surface area contributed by atoms with Crippen LogP contribution in [0.1, 0.15) is 21.5 Å². The monoisotopic (exact) mass is 331 g/mol. The number of carbonyl (C=O) groups excluding carboxylic acids is 1. The zero-order valence-corrected chi connectivity index (χ0v) is 13.5. The number of hydrogen-bond donors (Lipinski definition) is 1. The summed E-state index contributed by atoms with van der Waals surface area (Å²) in [5, 5.41) is 3.95. The van der Waals surface area contributed by atoms with Crippen molar-refractivity contribution in [3.05, 3.63) is 95.8 Å². The third-order valence-electron chi connectivity index (χ3n) is 3.43. The highest BCUT2D eigenvalue weighted by atomic mass is 16.5. The van der Waals surface area contributed by atoms with Gasteiger partial charge in [0.05, 0.1) is 11.8 Å². The number of pyridine rings is 1. The van der Waals surface area contributed by atoms with Gasteiger partial charge in [-0.25, -0.2) is 5.43 Å². The number of amides is 1. The molecule has 2 aromatic carbocycles. The van der Waals surface area contributed by atoms with E-state index in [0.717, 1.165) is 16.9 Å². The van der Waals surface area contributed by atoms with Crippen LogP contribution in [0.15, 0.2) is 84.2 Å². The zero-order valence-electron chi connectivity index (χ0n) is 13.5. The van der Waals surface area contributed by atoms with Crippen molar-refractivity contribution in [2.24, 2.45) is 5.10 Å². The summed E-state index contributed by atoms with van der Waals surface area (Å²) >= 11 is 0. The number of aromatic nitrogens is 1. The summed E-state index contributed by atoms with van der Waals surface area (Å²) in [4.78, 5) is 15.7. The molecule has 1 heterocycles. The molecule has 0 unspecified atom stereocenters. The first kappa shape index (κ1) is 16.4. The summed E-state index contributed by atoms with van der Waals surface area (Å²) in [7, 11) is 0. The van der Waals surface area contributed by atoms with Gasteiger partial charge in [-0.15, -0.1) is 0 Å². The van der Waals surface area contributed by atoms with Crippen molar-refractivity contribution in [2.75, 3.05) is 0 Å². The summed E-state index contributed by atoms with van der Waals surface area (Å²) in [6.45, 7) is 0.523. The predicted octanol–water partition coefficient (Wildman–Crippen LogP) is 3.42. The van der Waals surface area contributed by atoms with Crippen LogP contribution in [0.3, 0.4) is 0 Å². The van der Waals surface area contributed by atoms with E-state index in [-0.39, 0.29) is 5.91 Å². The van der Waals surface area contributed by atoms with E-state index in [1.165, 1.54) is 6.20 Å². The molecule has 1 aromatic heterocycles. The number of carbonyl (C=O) groups is 1. The molecule has 3 aromatic rings. The summed E-state index contributed by atoms with van der Waals surface area (Å²) < 4.78 is 5.73. The number of benzene rings is 2. The van der Waals surface area contributed by atoms with Crippen LogP contribution in [-0.2, 0) is 6.61 Å². The third-order valence-corrected chi connectivity index (χ3v) is 3.43. The van der Waals surface area contributed by atoms with E-state index >= 15 is 0 Å². The fourth-order valence-corrected chi connectivity index (χ4v) is 2.12. The minimum atomic E-state index is -0.299. The highest BCUT2D eigenvalue weighted by Crippen LogP contribution is 2.13. The number of ether oxygens (including phenoxy) is 1. The molecular weight excluding hydrogens is 314 g/mol. The molecule has 1 N–H and O–H groups in total. The maximum Gasteiger partial charge on any atom is 0.272 e. The predicted molar refractivity (Wildman–Crippen MR) is 96.5 cm³/mol. The Hall–Kier alpha value is -3.47. The maximum atomic E-state index is 11.8. The van der Waals surface area contributed by atoms with Gasteiger partial charge in [0.15, 0.2) is 0 Å². The zero-order chi connectivity index (χ0) is 17.3. The van der Waals surface area contributed by atoms with E-state index in [1.54, 1.807) is 24.5 Å². The molecule has 124 valence electrons. The van der Waals surface area contributed by atoms with Crippen LogP contribution in [0.4, 0.5) is 0 Å². The van der Waals surface area contributed by atoms with E-state index in [2.05, 4.69) is 15.5 Å². The molecular formula is C20H17N3O2. The van der Waals surface area contributed by atoms with Crippen molar-refractivity contribution < 1.29 is 9.53 Å². The lowest BCUT2D eigenvalue weighted by Crippen LogP contribution is -2.17. The molecule has 0 aliphatic carbocycles. The van der Waals surface area contributed by atoms with Crippen LogP contribution < -0.4 is 10.2 Å². The molecule has 0 fully saturated rings. The maximum absolute atomic E-state index is 11.8. The van der Waals surface area contributed by atoms with E-state index in [4.69, 9.17) is 4.74 Å². The number of nitrogens with one attached hydrogen (secondary N) is 1. The summed E-state index contributed by atoms with van der Waals surface area (Å²) in [5.41, 5.74) is 4.91. The van der Waals surface area contributed by atoms with Gasteiger partial charge in [0, 0.05) is 12.4 Å².